The summed E-state index contributed by atoms with van der Waals surface area (Å²) in [5.41, 5.74) is 1.28. The summed E-state index contributed by atoms with van der Waals surface area (Å²) >= 11 is 0. The molecule has 0 amide bonds. The number of nitrogens with zero attached hydrogens (tertiary/aromatic N) is 2. The Bertz CT molecular complexity index is 266. The largest absolute Gasteiger partial charge is 0.334 e. The van der Waals surface area contributed by atoms with Gasteiger partial charge in [-0.2, -0.15) is 0 Å². The van der Waals surface area contributed by atoms with Crippen molar-refractivity contribution in [1.82, 2.24) is 14.9 Å². The van der Waals surface area contributed by atoms with Gasteiger partial charge in [0.2, 0.25) is 0 Å². The zero-order valence-electron chi connectivity index (χ0n) is 10.2. The molecule has 3 nitrogen and oxygen atoms in total. The maximum Gasteiger partial charge on any atom is 0.0948 e. The highest BCUT2D eigenvalue weighted by atomic mass is 15.1. The molecular formula is C12H23N3. The van der Waals surface area contributed by atoms with Crippen molar-refractivity contribution in [1.29, 1.82) is 0 Å². The van der Waals surface area contributed by atoms with Crippen molar-refractivity contribution in [3.8, 4) is 0 Å². The maximum absolute atomic E-state index is 4.14. The zero-order valence-corrected chi connectivity index (χ0v) is 10.2. The van der Waals surface area contributed by atoms with Crippen molar-refractivity contribution >= 4 is 0 Å². The monoisotopic (exact) mass is 209 g/mol. The topological polar surface area (TPSA) is 29.9 Å². The third-order valence-electron chi connectivity index (χ3n) is 2.58. The maximum atomic E-state index is 4.14. The van der Waals surface area contributed by atoms with Crippen LogP contribution < -0.4 is 5.32 Å². The zero-order chi connectivity index (χ0) is 11.1. The van der Waals surface area contributed by atoms with Gasteiger partial charge in [-0.25, -0.2) is 4.98 Å². The predicted molar refractivity (Wildman–Crippen MR) is 63.7 cm³/mol. The molecule has 0 spiro atoms. The van der Waals surface area contributed by atoms with E-state index in [9.17, 15) is 0 Å². The summed E-state index contributed by atoms with van der Waals surface area (Å²) in [6, 6.07) is 0. The van der Waals surface area contributed by atoms with E-state index in [1.54, 1.807) is 0 Å². The summed E-state index contributed by atoms with van der Waals surface area (Å²) in [4.78, 5) is 4.14. The Morgan fingerprint density at radius 2 is 2.27 bits per heavy atom. The minimum Gasteiger partial charge on any atom is -0.334 e. The highest BCUT2D eigenvalue weighted by molar-refractivity contribution is 4.97. The second-order valence-corrected chi connectivity index (χ2v) is 4.38. The molecule has 0 atom stereocenters. The quantitative estimate of drug-likeness (QED) is 0.699. The Kier molecular flexibility index (Phi) is 5.40. The molecule has 0 aliphatic heterocycles. The second kappa shape index (κ2) is 6.62. The van der Waals surface area contributed by atoms with Crippen molar-refractivity contribution in [2.24, 2.45) is 5.92 Å². The molecule has 86 valence electrons. The van der Waals surface area contributed by atoms with Gasteiger partial charge < -0.3 is 9.88 Å². The molecule has 0 aromatic carbocycles. The third-order valence-corrected chi connectivity index (χ3v) is 2.58. The predicted octanol–water partition coefficient (Wildman–Crippen LogP) is 2.43. The average molecular weight is 209 g/mol. The molecule has 1 aromatic heterocycles. The molecule has 1 heterocycles. The van der Waals surface area contributed by atoms with Gasteiger partial charge in [-0.1, -0.05) is 13.8 Å². The molecule has 0 saturated heterocycles. The first-order valence-electron chi connectivity index (χ1n) is 5.93. The number of hydrogen-bond donors (Lipinski definition) is 1. The van der Waals surface area contributed by atoms with Gasteiger partial charge in [-0.05, 0) is 32.2 Å². The van der Waals surface area contributed by atoms with E-state index in [1.165, 1.54) is 18.5 Å². The van der Waals surface area contributed by atoms with Crippen molar-refractivity contribution in [3.63, 3.8) is 0 Å². The first kappa shape index (κ1) is 12.2. The Morgan fingerprint density at radius 1 is 1.47 bits per heavy atom. The van der Waals surface area contributed by atoms with Crippen LogP contribution in [0.2, 0.25) is 0 Å². The van der Waals surface area contributed by atoms with E-state index in [1.807, 2.05) is 12.5 Å². The van der Waals surface area contributed by atoms with Gasteiger partial charge in [0, 0.05) is 19.3 Å². The van der Waals surface area contributed by atoms with Gasteiger partial charge in [0.1, 0.15) is 0 Å². The Morgan fingerprint density at radius 3 is 2.93 bits per heavy atom. The van der Waals surface area contributed by atoms with Crippen LogP contribution in [0.4, 0.5) is 0 Å². The molecule has 1 rings (SSSR count). The van der Waals surface area contributed by atoms with Gasteiger partial charge >= 0.3 is 0 Å². The fourth-order valence-corrected chi connectivity index (χ4v) is 1.63. The summed E-state index contributed by atoms with van der Waals surface area (Å²) in [5.74, 6) is 0.813. The van der Waals surface area contributed by atoms with Gasteiger partial charge in [0.25, 0.3) is 0 Å². The van der Waals surface area contributed by atoms with Gasteiger partial charge in [0.05, 0.1) is 12.0 Å². The summed E-state index contributed by atoms with van der Waals surface area (Å²) < 4.78 is 2.18. The highest BCUT2D eigenvalue weighted by Gasteiger charge is 1.99. The Hall–Kier alpha value is -0.830. The van der Waals surface area contributed by atoms with Crippen LogP contribution in [-0.2, 0) is 13.1 Å². The molecule has 1 aromatic rings. The molecule has 0 unspecified atom stereocenters. The fourth-order valence-electron chi connectivity index (χ4n) is 1.63. The number of imidazole rings is 1. The van der Waals surface area contributed by atoms with E-state index in [-0.39, 0.29) is 0 Å². The molecular weight excluding hydrogens is 186 g/mol. The van der Waals surface area contributed by atoms with Crippen molar-refractivity contribution in [2.45, 2.75) is 46.7 Å². The lowest BCUT2D eigenvalue weighted by molar-refractivity contribution is 0.521. The standard InChI is InChI=1S/C12H23N3/c1-4-15-10-14-9-12(15)8-13-7-5-6-11(2)3/h9-11,13H,4-8H2,1-3H3. The Balaban J connectivity index is 2.15. The van der Waals surface area contributed by atoms with Crippen LogP contribution in [0.5, 0.6) is 0 Å². The van der Waals surface area contributed by atoms with Crippen LogP contribution in [0, 0.1) is 5.92 Å². The summed E-state index contributed by atoms with van der Waals surface area (Å²) in [6.45, 7) is 9.73. The summed E-state index contributed by atoms with van der Waals surface area (Å²) in [7, 11) is 0. The number of nitrogens with one attached hydrogen (secondary N) is 1. The van der Waals surface area contributed by atoms with Crippen LogP contribution in [0.1, 0.15) is 39.3 Å². The molecule has 0 aliphatic carbocycles. The molecule has 1 N–H and O–H groups in total. The molecule has 0 bridgehead atoms. The smallest absolute Gasteiger partial charge is 0.0948 e. The van der Waals surface area contributed by atoms with E-state index in [0.29, 0.717) is 0 Å². The summed E-state index contributed by atoms with van der Waals surface area (Å²) in [5, 5.41) is 3.46. The molecule has 3 heteroatoms. The number of rotatable bonds is 7. The van der Waals surface area contributed by atoms with Crippen LogP contribution in [-0.4, -0.2) is 16.1 Å². The van der Waals surface area contributed by atoms with Gasteiger partial charge in [-0.15, -0.1) is 0 Å². The second-order valence-electron chi connectivity index (χ2n) is 4.38. The normalized spacial score (nSPS) is 11.2. The first-order chi connectivity index (χ1) is 7.24. The number of hydrogen-bond acceptors (Lipinski definition) is 2. The minimum atomic E-state index is 0.813. The number of aryl methyl sites for hydroxylation is 1. The molecule has 0 saturated carbocycles. The Labute approximate surface area is 92.9 Å². The molecule has 0 fully saturated rings. The minimum absolute atomic E-state index is 0.813. The lowest BCUT2D eigenvalue weighted by atomic mass is 10.1. The van der Waals surface area contributed by atoms with E-state index in [2.05, 4.69) is 35.6 Å². The molecule has 0 aliphatic rings. The van der Waals surface area contributed by atoms with E-state index in [0.717, 1.165) is 25.6 Å². The number of aromatic nitrogens is 2. The molecule has 0 radical (unpaired) electrons. The SMILES string of the molecule is CCn1cncc1CNCCCC(C)C. The lowest BCUT2D eigenvalue weighted by Gasteiger charge is -2.08. The van der Waals surface area contributed by atoms with Crippen molar-refractivity contribution < 1.29 is 0 Å². The van der Waals surface area contributed by atoms with E-state index in [4.69, 9.17) is 0 Å². The highest BCUT2D eigenvalue weighted by Crippen LogP contribution is 2.02. The average Bonchev–Trinajstić information content (AvgIpc) is 2.64. The van der Waals surface area contributed by atoms with Crippen LogP contribution in [0.25, 0.3) is 0 Å². The fraction of sp³-hybridized carbons (Fsp3) is 0.750. The third kappa shape index (κ3) is 4.47. The first-order valence-corrected chi connectivity index (χ1v) is 5.93. The lowest BCUT2D eigenvalue weighted by Crippen LogP contribution is -2.17. The van der Waals surface area contributed by atoms with Crippen molar-refractivity contribution in [3.05, 3.63) is 18.2 Å². The summed E-state index contributed by atoms with van der Waals surface area (Å²) in [6.07, 6.45) is 6.40. The van der Waals surface area contributed by atoms with Crippen molar-refractivity contribution in [2.75, 3.05) is 6.54 Å². The van der Waals surface area contributed by atoms with Crippen LogP contribution in [0.3, 0.4) is 0 Å². The van der Waals surface area contributed by atoms with Gasteiger partial charge in [0.15, 0.2) is 0 Å². The molecule has 15 heavy (non-hydrogen) atoms. The van der Waals surface area contributed by atoms with E-state index >= 15 is 0 Å². The van der Waals surface area contributed by atoms with E-state index < -0.39 is 0 Å². The van der Waals surface area contributed by atoms with Crippen LogP contribution in [0.15, 0.2) is 12.5 Å². The van der Waals surface area contributed by atoms with Crippen LogP contribution >= 0.6 is 0 Å². The van der Waals surface area contributed by atoms with Gasteiger partial charge in [-0.3, -0.25) is 0 Å².